The lowest BCUT2D eigenvalue weighted by atomic mass is 9.92. The molecule has 4 heteroatoms. The smallest absolute Gasteiger partial charge is 0.252 e. The van der Waals surface area contributed by atoms with E-state index in [9.17, 15) is 9.59 Å². The largest absolute Gasteiger partial charge is 0.276 e. The molecule has 0 heterocycles. The molecule has 0 unspecified atom stereocenters. The molecule has 0 N–H and O–H groups in total. The number of halogens is 2. The Morgan fingerprint density at radius 1 is 0.636 bits per heavy atom. The zero-order valence-electron chi connectivity index (χ0n) is 12.9. The molecule has 2 aromatic carbocycles. The molecule has 0 atom stereocenters. The first kappa shape index (κ1) is 16.7. The first-order valence-corrected chi connectivity index (χ1v) is 7.60. The molecule has 0 bridgehead atoms. The minimum absolute atomic E-state index is 0.447. The first-order chi connectivity index (χ1) is 10.2. The summed E-state index contributed by atoms with van der Waals surface area (Å²) in [6.07, 6.45) is 0. The fourth-order valence-corrected chi connectivity index (χ4v) is 3.48. The topological polar surface area (TPSA) is 34.1 Å². The Morgan fingerprint density at radius 3 is 1.05 bits per heavy atom. The number of aryl methyl sites for hydroxylation is 4. The van der Waals surface area contributed by atoms with Crippen molar-refractivity contribution in [3.8, 4) is 11.1 Å². The predicted octanol–water partition coefficient (Wildman–Crippen LogP) is 5.35. The van der Waals surface area contributed by atoms with E-state index in [2.05, 4.69) is 0 Å². The van der Waals surface area contributed by atoms with Gasteiger partial charge in [-0.05, 0) is 84.3 Å². The molecule has 2 rings (SSSR count). The number of carbonyl (C=O) groups excluding carboxylic acids is 2. The van der Waals surface area contributed by atoms with Gasteiger partial charge in [0.15, 0.2) is 0 Å². The highest BCUT2D eigenvalue weighted by Crippen LogP contribution is 2.29. The Morgan fingerprint density at radius 2 is 0.864 bits per heavy atom. The van der Waals surface area contributed by atoms with E-state index in [4.69, 9.17) is 23.2 Å². The van der Waals surface area contributed by atoms with Crippen molar-refractivity contribution in [3.05, 3.63) is 57.6 Å². The summed E-state index contributed by atoms with van der Waals surface area (Å²) in [7, 11) is 0. The van der Waals surface area contributed by atoms with Crippen molar-refractivity contribution in [3.63, 3.8) is 0 Å². The molecule has 0 aliphatic rings. The lowest BCUT2D eigenvalue weighted by Gasteiger charge is -2.13. The number of rotatable bonds is 3. The van der Waals surface area contributed by atoms with Gasteiger partial charge in [0.1, 0.15) is 0 Å². The van der Waals surface area contributed by atoms with Gasteiger partial charge in [0.25, 0.3) is 10.5 Å². The number of benzene rings is 2. The second-order valence-corrected chi connectivity index (χ2v) is 6.20. The molecule has 114 valence electrons. The maximum atomic E-state index is 11.5. The maximum Gasteiger partial charge on any atom is 0.252 e. The van der Waals surface area contributed by atoms with E-state index < -0.39 is 10.5 Å². The Bertz CT molecular complexity index is 678. The van der Waals surface area contributed by atoms with Crippen LogP contribution < -0.4 is 0 Å². The van der Waals surface area contributed by atoms with Gasteiger partial charge in [0.05, 0.1) is 0 Å². The predicted molar refractivity (Wildman–Crippen MR) is 91.2 cm³/mol. The number of carbonyl (C=O) groups is 2. The fourth-order valence-electron chi connectivity index (χ4n) is 2.88. The third-order valence-corrected chi connectivity index (χ3v) is 4.17. The van der Waals surface area contributed by atoms with Crippen LogP contribution in [-0.4, -0.2) is 10.5 Å². The van der Waals surface area contributed by atoms with Crippen LogP contribution in [0.2, 0.25) is 0 Å². The third-order valence-electron chi connectivity index (χ3n) is 3.79. The molecule has 0 aliphatic carbocycles. The summed E-state index contributed by atoms with van der Waals surface area (Å²) >= 11 is 11.3. The highest BCUT2D eigenvalue weighted by atomic mass is 35.5. The van der Waals surface area contributed by atoms with Crippen LogP contribution in [0.1, 0.15) is 43.0 Å². The average molecular weight is 335 g/mol. The van der Waals surface area contributed by atoms with Crippen molar-refractivity contribution in [2.45, 2.75) is 27.7 Å². The summed E-state index contributed by atoms with van der Waals surface area (Å²) in [5.41, 5.74) is 6.40. The molecule has 2 nitrogen and oxygen atoms in total. The Kier molecular flexibility index (Phi) is 4.74. The van der Waals surface area contributed by atoms with Crippen molar-refractivity contribution < 1.29 is 9.59 Å². The second kappa shape index (κ2) is 6.23. The van der Waals surface area contributed by atoms with E-state index >= 15 is 0 Å². The Balaban J connectivity index is 2.63. The molecule has 0 spiro atoms. The first-order valence-electron chi connectivity index (χ1n) is 6.85. The highest BCUT2D eigenvalue weighted by Gasteiger charge is 2.15. The van der Waals surface area contributed by atoms with Crippen molar-refractivity contribution in [1.82, 2.24) is 0 Å². The zero-order chi connectivity index (χ0) is 16.6. The van der Waals surface area contributed by atoms with Gasteiger partial charge in [-0.1, -0.05) is 24.3 Å². The van der Waals surface area contributed by atoms with Crippen LogP contribution in [0, 0.1) is 27.7 Å². The zero-order valence-corrected chi connectivity index (χ0v) is 14.4. The average Bonchev–Trinajstić information content (AvgIpc) is 2.35. The van der Waals surface area contributed by atoms with Crippen LogP contribution in [0.25, 0.3) is 11.1 Å². The summed E-state index contributed by atoms with van der Waals surface area (Å²) < 4.78 is 0. The van der Waals surface area contributed by atoms with E-state index in [1.807, 2.05) is 52.0 Å². The molecular weight excluding hydrogens is 319 g/mol. The quantitative estimate of drug-likeness (QED) is 0.709. The molecule has 0 radical (unpaired) electrons. The second-order valence-electron chi connectivity index (χ2n) is 5.52. The summed E-state index contributed by atoms with van der Waals surface area (Å²) in [4.78, 5) is 23.0. The normalized spacial score (nSPS) is 10.6. The van der Waals surface area contributed by atoms with Crippen molar-refractivity contribution >= 4 is 33.7 Å². The summed E-state index contributed by atoms with van der Waals surface area (Å²) in [5, 5.41) is -0.894. The molecule has 0 fully saturated rings. The summed E-state index contributed by atoms with van der Waals surface area (Å²) in [6.45, 7) is 7.45. The van der Waals surface area contributed by atoms with Gasteiger partial charge in [-0.3, -0.25) is 9.59 Å². The van der Waals surface area contributed by atoms with Crippen molar-refractivity contribution in [2.24, 2.45) is 0 Å². The van der Waals surface area contributed by atoms with Gasteiger partial charge in [0, 0.05) is 11.1 Å². The minimum atomic E-state index is -0.447. The van der Waals surface area contributed by atoms with Crippen LogP contribution in [-0.2, 0) is 0 Å². The van der Waals surface area contributed by atoms with Gasteiger partial charge >= 0.3 is 0 Å². The number of hydrogen-bond acceptors (Lipinski definition) is 2. The SMILES string of the molecule is Cc1cc(-c2cc(C)c(C(=O)Cl)c(C)c2)cc(C)c1C(=O)Cl. The van der Waals surface area contributed by atoms with E-state index in [0.29, 0.717) is 11.1 Å². The Labute approximate surface area is 140 Å². The van der Waals surface area contributed by atoms with Crippen LogP contribution in [0.5, 0.6) is 0 Å². The maximum absolute atomic E-state index is 11.5. The lowest BCUT2D eigenvalue weighted by molar-refractivity contribution is 0.107. The van der Waals surface area contributed by atoms with Gasteiger partial charge in [-0.2, -0.15) is 0 Å². The standard InChI is InChI=1S/C18H16Cl2O2/c1-9-5-13(6-10(2)15(9)17(19)21)14-7-11(3)16(18(20)22)12(4)8-14/h5-8H,1-4H3. The van der Waals surface area contributed by atoms with Crippen LogP contribution in [0.15, 0.2) is 24.3 Å². The molecule has 0 saturated carbocycles. The van der Waals surface area contributed by atoms with Crippen LogP contribution >= 0.6 is 23.2 Å². The molecule has 0 aliphatic heterocycles. The van der Waals surface area contributed by atoms with Crippen molar-refractivity contribution in [2.75, 3.05) is 0 Å². The number of hydrogen-bond donors (Lipinski definition) is 0. The van der Waals surface area contributed by atoms with Gasteiger partial charge < -0.3 is 0 Å². The molecule has 0 aromatic heterocycles. The van der Waals surface area contributed by atoms with E-state index in [1.165, 1.54) is 0 Å². The fraction of sp³-hybridized carbons (Fsp3) is 0.222. The summed E-state index contributed by atoms with van der Waals surface area (Å²) in [6, 6.07) is 7.72. The molecular formula is C18H16Cl2O2. The highest BCUT2D eigenvalue weighted by molar-refractivity contribution is 6.68. The molecule has 22 heavy (non-hydrogen) atoms. The summed E-state index contributed by atoms with van der Waals surface area (Å²) in [5.74, 6) is 0. The van der Waals surface area contributed by atoms with Gasteiger partial charge in [-0.25, -0.2) is 0 Å². The Hall–Kier alpha value is -1.64. The van der Waals surface area contributed by atoms with Gasteiger partial charge in [0.2, 0.25) is 0 Å². The van der Waals surface area contributed by atoms with E-state index in [-0.39, 0.29) is 0 Å². The monoisotopic (exact) mass is 334 g/mol. The van der Waals surface area contributed by atoms with Crippen LogP contribution in [0.4, 0.5) is 0 Å². The van der Waals surface area contributed by atoms with Gasteiger partial charge in [-0.15, -0.1) is 0 Å². The van der Waals surface area contributed by atoms with Crippen LogP contribution in [0.3, 0.4) is 0 Å². The molecule has 0 saturated heterocycles. The van der Waals surface area contributed by atoms with E-state index in [0.717, 1.165) is 33.4 Å². The molecule has 2 aromatic rings. The van der Waals surface area contributed by atoms with Crippen molar-refractivity contribution in [1.29, 1.82) is 0 Å². The van der Waals surface area contributed by atoms with E-state index in [1.54, 1.807) is 0 Å². The minimum Gasteiger partial charge on any atom is -0.276 e. The lowest BCUT2D eigenvalue weighted by Crippen LogP contribution is -2.00. The molecule has 0 amide bonds. The third kappa shape index (κ3) is 3.08.